The Morgan fingerprint density at radius 1 is 1.33 bits per heavy atom. The van der Waals surface area contributed by atoms with Crippen LogP contribution >= 0.6 is 0 Å². The van der Waals surface area contributed by atoms with Gasteiger partial charge in [-0.15, -0.1) is 0 Å². The number of piperidine rings is 1. The first-order chi connectivity index (χ1) is 9.86. The Hall–Kier alpha value is -1.29. The maximum absolute atomic E-state index is 12.8. The van der Waals surface area contributed by atoms with Gasteiger partial charge in [-0.3, -0.25) is 9.78 Å². The number of Topliss-reactive ketones (excluding diaryl/α,β-unsaturated/α-hetero) is 1. The zero-order valence-corrected chi connectivity index (χ0v) is 13.2. The van der Waals surface area contributed by atoms with Crippen molar-refractivity contribution >= 4 is 5.78 Å². The average Bonchev–Trinajstić information content (AvgIpc) is 2.45. The maximum Gasteiger partial charge on any atom is 0.182 e. The van der Waals surface area contributed by atoms with Gasteiger partial charge in [0.25, 0.3) is 0 Å². The van der Waals surface area contributed by atoms with Crippen molar-refractivity contribution in [2.45, 2.75) is 40.0 Å². The number of carbonyl (C=O) groups is 1. The van der Waals surface area contributed by atoms with Crippen LogP contribution in [0.3, 0.4) is 0 Å². The van der Waals surface area contributed by atoms with Crippen LogP contribution in [0.15, 0.2) is 18.3 Å². The summed E-state index contributed by atoms with van der Waals surface area (Å²) in [5, 5.41) is 0. The van der Waals surface area contributed by atoms with Crippen molar-refractivity contribution in [1.29, 1.82) is 0 Å². The van der Waals surface area contributed by atoms with Crippen molar-refractivity contribution in [3.8, 4) is 0 Å². The Morgan fingerprint density at radius 2 is 2.00 bits per heavy atom. The van der Waals surface area contributed by atoms with Crippen molar-refractivity contribution < 1.29 is 9.18 Å². The highest BCUT2D eigenvalue weighted by molar-refractivity contribution is 5.94. The van der Waals surface area contributed by atoms with E-state index in [4.69, 9.17) is 0 Å². The first-order valence-electron chi connectivity index (χ1n) is 7.73. The molecule has 4 heteroatoms. The summed E-state index contributed by atoms with van der Waals surface area (Å²) in [6.45, 7) is 9.80. The van der Waals surface area contributed by atoms with Gasteiger partial charge < -0.3 is 4.90 Å². The van der Waals surface area contributed by atoms with Crippen LogP contribution in [0.4, 0.5) is 4.39 Å². The lowest BCUT2D eigenvalue weighted by molar-refractivity contribution is 0.0898. The number of ketones is 1. The topological polar surface area (TPSA) is 33.2 Å². The normalized spacial score (nSPS) is 17.9. The van der Waals surface area contributed by atoms with Gasteiger partial charge in [0.2, 0.25) is 0 Å². The lowest BCUT2D eigenvalue weighted by atomic mass is 9.75. The molecule has 1 aliphatic rings. The second-order valence-electron chi connectivity index (χ2n) is 7.02. The highest BCUT2D eigenvalue weighted by Crippen LogP contribution is 2.34. The summed E-state index contributed by atoms with van der Waals surface area (Å²) in [4.78, 5) is 18.2. The number of nitrogens with zero attached hydrogens (tertiary/aromatic N) is 2. The van der Waals surface area contributed by atoms with E-state index >= 15 is 0 Å². The molecule has 21 heavy (non-hydrogen) atoms. The van der Waals surface area contributed by atoms with E-state index in [1.54, 1.807) is 0 Å². The summed E-state index contributed by atoms with van der Waals surface area (Å²) in [6, 6.07) is 2.75. The number of pyridine rings is 1. The van der Waals surface area contributed by atoms with Crippen LogP contribution in [0.2, 0.25) is 0 Å². The van der Waals surface area contributed by atoms with E-state index < -0.39 is 5.82 Å². The molecule has 1 fully saturated rings. The second kappa shape index (κ2) is 6.65. The predicted molar refractivity (Wildman–Crippen MR) is 81.8 cm³/mol. The van der Waals surface area contributed by atoms with Gasteiger partial charge >= 0.3 is 0 Å². The summed E-state index contributed by atoms with van der Waals surface area (Å²) in [5.74, 6) is 0.354. The van der Waals surface area contributed by atoms with Gasteiger partial charge in [0.15, 0.2) is 5.78 Å². The Morgan fingerprint density at radius 3 is 2.52 bits per heavy atom. The molecule has 0 spiro atoms. The Labute approximate surface area is 126 Å². The van der Waals surface area contributed by atoms with Crippen LogP contribution < -0.4 is 0 Å². The fraction of sp³-hybridized carbons (Fsp3) is 0.647. The van der Waals surface area contributed by atoms with Gasteiger partial charge in [0.05, 0.1) is 6.20 Å². The van der Waals surface area contributed by atoms with Gasteiger partial charge in [0, 0.05) is 13.0 Å². The fourth-order valence-corrected chi connectivity index (χ4v) is 2.95. The summed E-state index contributed by atoms with van der Waals surface area (Å²) >= 11 is 0. The van der Waals surface area contributed by atoms with Crippen LogP contribution in [0, 0.1) is 17.2 Å². The van der Waals surface area contributed by atoms with Crippen LogP contribution in [0.25, 0.3) is 0 Å². The molecule has 0 amide bonds. The van der Waals surface area contributed by atoms with Gasteiger partial charge in [-0.1, -0.05) is 20.8 Å². The minimum atomic E-state index is -0.407. The highest BCUT2D eigenvalue weighted by Gasteiger charge is 2.28. The third-order valence-corrected chi connectivity index (χ3v) is 4.48. The molecule has 0 N–H and O–H groups in total. The molecule has 0 radical (unpaired) electrons. The average molecular weight is 292 g/mol. The van der Waals surface area contributed by atoms with E-state index in [-0.39, 0.29) is 5.78 Å². The number of halogens is 1. The molecule has 3 nitrogen and oxygen atoms in total. The van der Waals surface area contributed by atoms with Gasteiger partial charge in [-0.2, -0.15) is 0 Å². The molecule has 0 aliphatic carbocycles. The van der Waals surface area contributed by atoms with Crippen LogP contribution in [0.1, 0.15) is 50.5 Å². The van der Waals surface area contributed by atoms with E-state index in [9.17, 15) is 9.18 Å². The third-order valence-electron chi connectivity index (χ3n) is 4.48. The Kier molecular flexibility index (Phi) is 5.09. The molecule has 0 bridgehead atoms. The number of hydrogen-bond acceptors (Lipinski definition) is 3. The lowest BCUT2D eigenvalue weighted by Crippen LogP contribution is -2.38. The quantitative estimate of drug-likeness (QED) is 0.796. The summed E-state index contributed by atoms with van der Waals surface area (Å²) < 4.78 is 12.8. The first kappa shape index (κ1) is 16.1. The fourth-order valence-electron chi connectivity index (χ4n) is 2.95. The molecule has 0 atom stereocenters. The van der Waals surface area contributed by atoms with Crippen molar-refractivity contribution in [3.63, 3.8) is 0 Å². The lowest BCUT2D eigenvalue weighted by Gasteiger charge is -2.38. The summed E-state index contributed by atoms with van der Waals surface area (Å²) in [5.41, 5.74) is 0.737. The van der Waals surface area contributed by atoms with E-state index in [2.05, 4.69) is 30.7 Å². The second-order valence-corrected chi connectivity index (χ2v) is 7.02. The smallest absolute Gasteiger partial charge is 0.182 e. The molecule has 1 saturated heterocycles. The van der Waals surface area contributed by atoms with E-state index in [0.29, 0.717) is 17.5 Å². The number of carbonyl (C=O) groups excluding carboxylic acids is 1. The minimum Gasteiger partial charge on any atom is -0.303 e. The minimum absolute atomic E-state index is 0.00653. The number of rotatable bonds is 4. The molecule has 0 saturated carbocycles. The Balaban J connectivity index is 1.77. The van der Waals surface area contributed by atoms with Gasteiger partial charge in [0.1, 0.15) is 11.5 Å². The monoisotopic (exact) mass is 292 g/mol. The molecule has 0 unspecified atom stereocenters. The predicted octanol–water partition coefficient (Wildman–Crippen LogP) is 3.55. The van der Waals surface area contributed by atoms with Gasteiger partial charge in [-0.05, 0) is 49.4 Å². The van der Waals surface area contributed by atoms with E-state index in [1.165, 1.54) is 25.0 Å². The molecule has 2 rings (SSSR count). The van der Waals surface area contributed by atoms with E-state index in [0.717, 1.165) is 31.7 Å². The Bertz CT molecular complexity index is 471. The van der Waals surface area contributed by atoms with E-state index in [1.807, 2.05) is 0 Å². The molecular weight excluding hydrogens is 267 g/mol. The molecular formula is C17H25FN2O. The molecule has 1 aromatic heterocycles. The molecule has 0 aromatic carbocycles. The third kappa shape index (κ3) is 4.60. The molecule has 1 aliphatic heterocycles. The molecule has 2 heterocycles. The number of aromatic nitrogens is 1. The first-order valence-corrected chi connectivity index (χ1v) is 7.73. The summed E-state index contributed by atoms with van der Waals surface area (Å²) in [6.07, 6.45) is 3.96. The molecule has 1 aromatic rings. The standard InChI is InChI=1S/C17H25FN2O/c1-17(2,3)13-6-9-20(10-7-13)11-8-16(21)15-5-4-14(18)12-19-15/h4-5,12-13H,6-11H2,1-3H3. The van der Waals surface area contributed by atoms with Crippen LogP contribution in [0.5, 0.6) is 0 Å². The largest absolute Gasteiger partial charge is 0.303 e. The summed E-state index contributed by atoms with van der Waals surface area (Å²) in [7, 11) is 0. The van der Waals surface area contributed by atoms with Crippen molar-refractivity contribution in [2.24, 2.45) is 11.3 Å². The zero-order chi connectivity index (χ0) is 15.5. The van der Waals surface area contributed by atoms with Crippen LogP contribution in [-0.2, 0) is 0 Å². The van der Waals surface area contributed by atoms with Crippen LogP contribution in [-0.4, -0.2) is 35.3 Å². The SMILES string of the molecule is CC(C)(C)C1CCN(CCC(=O)c2ccc(F)cn2)CC1. The highest BCUT2D eigenvalue weighted by atomic mass is 19.1. The van der Waals surface area contributed by atoms with Crippen molar-refractivity contribution in [1.82, 2.24) is 9.88 Å². The van der Waals surface area contributed by atoms with Gasteiger partial charge in [-0.25, -0.2) is 4.39 Å². The van der Waals surface area contributed by atoms with Crippen molar-refractivity contribution in [2.75, 3.05) is 19.6 Å². The van der Waals surface area contributed by atoms with Crippen molar-refractivity contribution in [3.05, 3.63) is 29.8 Å². The number of hydrogen-bond donors (Lipinski definition) is 0. The zero-order valence-electron chi connectivity index (χ0n) is 13.2. The number of likely N-dealkylation sites (tertiary alicyclic amines) is 1. The molecule has 116 valence electrons. The maximum atomic E-state index is 12.8.